The Kier molecular flexibility index (Phi) is 2.68. The van der Waals surface area contributed by atoms with Crippen molar-refractivity contribution < 1.29 is 24.5 Å². The van der Waals surface area contributed by atoms with Crippen LogP contribution in [0.4, 0.5) is 0 Å². The monoisotopic (exact) mass is 188 g/mol. The molecule has 1 saturated carbocycles. The van der Waals surface area contributed by atoms with Crippen molar-refractivity contribution in [2.24, 2.45) is 0 Å². The second-order valence-corrected chi connectivity index (χ2v) is 3.18. The fourth-order valence-electron chi connectivity index (χ4n) is 1.30. The summed E-state index contributed by atoms with van der Waals surface area (Å²) in [5, 5.41) is 18.9. The van der Waals surface area contributed by atoms with Crippen LogP contribution in [0.25, 0.3) is 0 Å². The van der Waals surface area contributed by atoms with Crippen molar-refractivity contribution in [1.82, 2.24) is 0 Å². The van der Waals surface area contributed by atoms with Gasteiger partial charge in [0.05, 0.1) is 6.10 Å². The molecule has 0 aromatic carbocycles. The van der Waals surface area contributed by atoms with Crippen LogP contribution in [0.2, 0.25) is 0 Å². The highest BCUT2D eigenvalue weighted by Gasteiger charge is 2.48. The molecule has 13 heavy (non-hydrogen) atoms. The van der Waals surface area contributed by atoms with Gasteiger partial charge in [0, 0.05) is 13.3 Å². The molecule has 2 N–H and O–H groups in total. The molecule has 1 fully saturated rings. The predicted molar refractivity (Wildman–Crippen MR) is 41.8 cm³/mol. The molecule has 2 atom stereocenters. The van der Waals surface area contributed by atoms with Gasteiger partial charge in [-0.05, 0) is 6.42 Å². The van der Waals surface area contributed by atoms with Crippen LogP contribution in [0.1, 0.15) is 19.8 Å². The quantitative estimate of drug-likeness (QED) is 0.543. The number of aliphatic hydroxyl groups is 2. The van der Waals surface area contributed by atoms with Crippen molar-refractivity contribution in [3.05, 3.63) is 0 Å². The molecule has 0 spiro atoms. The maximum atomic E-state index is 11.1. The molecule has 2 unspecified atom stereocenters. The van der Waals surface area contributed by atoms with E-state index >= 15 is 0 Å². The summed E-state index contributed by atoms with van der Waals surface area (Å²) in [6, 6.07) is 0. The van der Waals surface area contributed by atoms with Gasteiger partial charge < -0.3 is 14.9 Å². The summed E-state index contributed by atoms with van der Waals surface area (Å²) < 4.78 is 4.50. The van der Waals surface area contributed by atoms with Crippen LogP contribution in [-0.4, -0.2) is 40.3 Å². The van der Waals surface area contributed by atoms with Crippen molar-refractivity contribution >= 4 is 11.8 Å². The lowest BCUT2D eigenvalue weighted by molar-refractivity contribution is -0.161. The Morgan fingerprint density at radius 1 is 1.77 bits per heavy atom. The molecular weight excluding hydrogens is 176 g/mol. The molecule has 0 aromatic heterocycles. The Morgan fingerprint density at radius 3 is 2.77 bits per heavy atom. The van der Waals surface area contributed by atoms with Gasteiger partial charge in [-0.1, -0.05) is 0 Å². The van der Waals surface area contributed by atoms with E-state index in [9.17, 15) is 19.8 Å². The van der Waals surface area contributed by atoms with E-state index in [0.29, 0.717) is 0 Å². The second kappa shape index (κ2) is 3.43. The standard InChI is InChI=1S/C8H12O5/c1-5(9)13-4-8(12)6(10)2-3-7(8)11/h6,10,12H,2-4H2,1H3. The number of carbonyl (C=O) groups is 2. The van der Waals surface area contributed by atoms with Crippen molar-refractivity contribution in [1.29, 1.82) is 0 Å². The smallest absolute Gasteiger partial charge is 0.302 e. The number of Topliss-reactive ketones (excluding diaryl/α,β-unsaturated/α-hetero) is 1. The average molecular weight is 188 g/mol. The zero-order valence-corrected chi connectivity index (χ0v) is 7.32. The van der Waals surface area contributed by atoms with E-state index in [1.807, 2.05) is 0 Å². The molecule has 0 amide bonds. The SMILES string of the molecule is CC(=O)OCC1(O)C(=O)CCC1O. The molecule has 74 valence electrons. The summed E-state index contributed by atoms with van der Waals surface area (Å²) in [5.74, 6) is -1.05. The summed E-state index contributed by atoms with van der Waals surface area (Å²) in [6.45, 7) is 0.720. The lowest BCUT2D eigenvalue weighted by Gasteiger charge is -2.23. The van der Waals surface area contributed by atoms with E-state index in [0.717, 1.165) is 0 Å². The van der Waals surface area contributed by atoms with Crippen LogP contribution in [0, 0.1) is 0 Å². The van der Waals surface area contributed by atoms with E-state index < -0.39 is 30.1 Å². The van der Waals surface area contributed by atoms with Crippen LogP contribution in [-0.2, 0) is 14.3 Å². The maximum absolute atomic E-state index is 11.1. The Morgan fingerprint density at radius 2 is 2.38 bits per heavy atom. The highest BCUT2D eigenvalue weighted by Crippen LogP contribution is 2.26. The number of aliphatic hydroxyl groups excluding tert-OH is 1. The average Bonchev–Trinajstić information content (AvgIpc) is 2.31. The van der Waals surface area contributed by atoms with Crippen LogP contribution in [0.15, 0.2) is 0 Å². The summed E-state index contributed by atoms with van der Waals surface area (Å²) in [7, 11) is 0. The third kappa shape index (κ3) is 1.87. The van der Waals surface area contributed by atoms with Crippen molar-refractivity contribution in [2.75, 3.05) is 6.61 Å². The maximum Gasteiger partial charge on any atom is 0.302 e. The topological polar surface area (TPSA) is 83.8 Å². The van der Waals surface area contributed by atoms with Gasteiger partial charge in [0.1, 0.15) is 6.61 Å². The zero-order chi connectivity index (χ0) is 10.1. The number of hydrogen-bond donors (Lipinski definition) is 2. The Bertz CT molecular complexity index is 237. The summed E-state index contributed by atoms with van der Waals surface area (Å²) in [6.07, 6.45) is -0.783. The molecule has 0 heterocycles. The number of carbonyl (C=O) groups excluding carboxylic acids is 2. The fourth-order valence-corrected chi connectivity index (χ4v) is 1.30. The molecule has 0 aliphatic heterocycles. The van der Waals surface area contributed by atoms with Gasteiger partial charge in [0.2, 0.25) is 0 Å². The molecule has 0 aromatic rings. The van der Waals surface area contributed by atoms with Gasteiger partial charge >= 0.3 is 5.97 Å². The summed E-state index contributed by atoms with van der Waals surface area (Å²) in [4.78, 5) is 21.5. The largest absolute Gasteiger partial charge is 0.462 e. The Hall–Kier alpha value is -0.940. The molecule has 1 aliphatic carbocycles. The van der Waals surface area contributed by atoms with Gasteiger partial charge in [-0.25, -0.2) is 0 Å². The normalized spacial score (nSPS) is 33.5. The predicted octanol–water partition coefficient (Wildman–Crippen LogP) is -0.996. The van der Waals surface area contributed by atoms with Crippen molar-refractivity contribution in [3.63, 3.8) is 0 Å². The molecule has 5 heteroatoms. The van der Waals surface area contributed by atoms with Gasteiger partial charge in [0.15, 0.2) is 11.4 Å². The third-order valence-corrected chi connectivity index (χ3v) is 2.17. The third-order valence-electron chi connectivity index (χ3n) is 2.17. The minimum atomic E-state index is -1.88. The fraction of sp³-hybridized carbons (Fsp3) is 0.750. The minimum Gasteiger partial charge on any atom is -0.462 e. The first-order valence-corrected chi connectivity index (χ1v) is 4.04. The van der Waals surface area contributed by atoms with Gasteiger partial charge in [0.25, 0.3) is 0 Å². The Balaban J connectivity index is 2.62. The van der Waals surface area contributed by atoms with Crippen LogP contribution in [0.5, 0.6) is 0 Å². The number of ketones is 1. The lowest BCUT2D eigenvalue weighted by Crippen LogP contribution is -2.48. The van der Waals surface area contributed by atoms with E-state index in [2.05, 4.69) is 4.74 Å². The number of ether oxygens (including phenoxy) is 1. The van der Waals surface area contributed by atoms with Crippen molar-refractivity contribution in [2.45, 2.75) is 31.5 Å². The van der Waals surface area contributed by atoms with Gasteiger partial charge in [-0.15, -0.1) is 0 Å². The van der Waals surface area contributed by atoms with Crippen LogP contribution in [0.3, 0.4) is 0 Å². The zero-order valence-electron chi connectivity index (χ0n) is 7.32. The first kappa shape index (κ1) is 10.1. The van der Waals surface area contributed by atoms with Crippen molar-refractivity contribution in [3.8, 4) is 0 Å². The Labute approximate surface area is 75.3 Å². The first-order chi connectivity index (χ1) is 5.97. The molecule has 0 radical (unpaired) electrons. The number of hydrogen-bond acceptors (Lipinski definition) is 5. The molecule has 1 rings (SSSR count). The highest BCUT2D eigenvalue weighted by molar-refractivity contribution is 5.90. The van der Waals surface area contributed by atoms with Gasteiger partial charge in [-0.2, -0.15) is 0 Å². The number of esters is 1. The first-order valence-electron chi connectivity index (χ1n) is 4.04. The summed E-state index contributed by atoms with van der Waals surface area (Å²) in [5.41, 5.74) is -1.88. The van der Waals surface area contributed by atoms with Gasteiger partial charge in [-0.3, -0.25) is 9.59 Å². The highest BCUT2D eigenvalue weighted by atomic mass is 16.5. The van der Waals surface area contributed by atoms with E-state index in [4.69, 9.17) is 0 Å². The molecule has 0 bridgehead atoms. The molecule has 0 saturated heterocycles. The minimum absolute atomic E-state index is 0.124. The van der Waals surface area contributed by atoms with E-state index in [-0.39, 0.29) is 12.8 Å². The van der Waals surface area contributed by atoms with Crippen LogP contribution < -0.4 is 0 Å². The molecular formula is C8H12O5. The number of rotatable bonds is 2. The second-order valence-electron chi connectivity index (χ2n) is 3.18. The summed E-state index contributed by atoms with van der Waals surface area (Å²) >= 11 is 0. The van der Waals surface area contributed by atoms with Crippen LogP contribution >= 0.6 is 0 Å². The lowest BCUT2D eigenvalue weighted by atomic mass is 10.0. The van der Waals surface area contributed by atoms with E-state index in [1.165, 1.54) is 6.92 Å². The molecule has 1 aliphatic rings. The molecule has 5 nitrogen and oxygen atoms in total. The van der Waals surface area contributed by atoms with E-state index in [1.54, 1.807) is 0 Å².